The van der Waals surface area contributed by atoms with Crippen molar-refractivity contribution in [1.82, 2.24) is 9.55 Å². The molecular formula is C14H11ClF3N3S. The molecule has 2 aromatic rings. The first-order valence-corrected chi connectivity index (χ1v) is 7.45. The highest BCUT2D eigenvalue weighted by atomic mass is 35.5. The minimum Gasteiger partial charge on any atom is -0.285 e. The minimum absolute atomic E-state index is 0.00852. The van der Waals surface area contributed by atoms with Crippen LogP contribution in [0.1, 0.15) is 5.56 Å². The highest BCUT2D eigenvalue weighted by Crippen LogP contribution is 2.38. The van der Waals surface area contributed by atoms with Gasteiger partial charge in [-0.25, -0.2) is 9.98 Å². The van der Waals surface area contributed by atoms with E-state index in [1.54, 1.807) is 16.8 Å². The maximum atomic E-state index is 13.1. The Hall–Kier alpha value is -1.73. The number of benzene rings is 1. The summed E-state index contributed by atoms with van der Waals surface area (Å²) in [6, 6.07) is 3.49. The molecule has 0 amide bonds. The van der Waals surface area contributed by atoms with Crippen LogP contribution in [0, 0.1) is 0 Å². The highest BCUT2D eigenvalue weighted by Gasteiger charge is 2.34. The fraction of sp³-hybridized carbons (Fsp3) is 0.143. The Balaban J connectivity index is 2.50. The third-order valence-corrected chi connectivity index (χ3v) is 3.73. The summed E-state index contributed by atoms with van der Waals surface area (Å²) in [4.78, 5) is 8.00. The first-order valence-electron chi connectivity index (χ1n) is 6.09. The smallest absolute Gasteiger partial charge is 0.285 e. The summed E-state index contributed by atoms with van der Waals surface area (Å²) in [5.74, 6) is 0.506. The molecule has 116 valence electrons. The van der Waals surface area contributed by atoms with Crippen LogP contribution in [0.3, 0.4) is 0 Å². The zero-order valence-corrected chi connectivity index (χ0v) is 12.8. The van der Waals surface area contributed by atoms with E-state index in [4.69, 9.17) is 11.6 Å². The van der Waals surface area contributed by atoms with Gasteiger partial charge in [0.05, 0.1) is 11.3 Å². The summed E-state index contributed by atoms with van der Waals surface area (Å²) in [7, 11) is 0. The van der Waals surface area contributed by atoms with Gasteiger partial charge in [0.1, 0.15) is 6.33 Å². The van der Waals surface area contributed by atoms with Crippen molar-refractivity contribution in [3.63, 3.8) is 0 Å². The molecule has 0 unspecified atom stereocenters. The first-order chi connectivity index (χ1) is 10.4. The van der Waals surface area contributed by atoms with Crippen molar-refractivity contribution in [2.75, 3.05) is 5.75 Å². The summed E-state index contributed by atoms with van der Waals surface area (Å²) in [6.45, 7) is 3.59. The Morgan fingerprint density at radius 1 is 1.45 bits per heavy atom. The van der Waals surface area contributed by atoms with Gasteiger partial charge in [0.2, 0.25) is 0 Å². The first kappa shape index (κ1) is 16.6. The van der Waals surface area contributed by atoms with E-state index in [9.17, 15) is 13.2 Å². The lowest BCUT2D eigenvalue weighted by atomic mass is 10.2. The molecule has 1 aromatic heterocycles. The second kappa shape index (κ2) is 7.02. The Labute approximate surface area is 134 Å². The SMILES string of the molecule is C=CCS/C(=N/c1ccc(Cl)cc1C(F)(F)F)n1ccnc1. The van der Waals surface area contributed by atoms with Crippen molar-refractivity contribution in [3.05, 3.63) is 60.2 Å². The van der Waals surface area contributed by atoms with Gasteiger partial charge in [-0.1, -0.05) is 29.4 Å². The van der Waals surface area contributed by atoms with E-state index in [2.05, 4.69) is 16.6 Å². The molecule has 3 nitrogen and oxygen atoms in total. The molecule has 1 heterocycles. The van der Waals surface area contributed by atoms with E-state index >= 15 is 0 Å². The van der Waals surface area contributed by atoms with Gasteiger partial charge < -0.3 is 0 Å². The van der Waals surface area contributed by atoms with Gasteiger partial charge in [0.15, 0.2) is 5.17 Å². The Kier molecular flexibility index (Phi) is 5.31. The van der Waals surface area contributed by atoms with Crippen molar-refractivity contribution in [2.45, 2.75) is 6.18 Å². The number of halogens is 4. The second-order valence-electron chi connectivity index (χ2n) is 4.12. The average Bonchev–Trinajstić information content (AvgIpc) is 2.98. The molecule has 22 heavy (non-hydrogen) atoms. The molecule has 0 atom stereocenters. The molecule has 0 aliphatic carbocycles. The molecular weight excluding hydrogens is 335 g/mol. The third-order valence-electron chi connectivity index (χ3n) is 2.54. The predicted molar refractivity (Wildman–Crippen MR) is 83.8 cm³/mol. The maximum absolute atomic E-state index is 13.1. The summed E-state index contributed by atoms with van der Waals surface area (Å²) >= 11 is 6.91. The van der Waals surface area contributed by atoms with Gasteiger partial charge in [-0.2, -0.15) is 13.2 Å². The topological polar surface area (TPSA) is 30.2 Å². The summed E-state index contributed by atoms with van der Waals surface area (Å²) < 4.78 is 40.9. The van der Waals surface area contributed by atoms with Crippen LogP contribution >= 0.6 is 23.4 Å². The Bertz CT molecular complexity index is 681. The van der Waals surface area contributed by atoms with Gasteiger partial charge in [-0.05, 0) is 18.2 Å². The lowest BCUT2D eigenvalue weighted by Crippen LogP contribution is -2.08. The number of aliphatic imine (C=N–C) groups is 1. The van der Waals surface area contributed by atoms with E-state index in [0.29, 0.717) is 10.9 Å². The van der Waals surface area contributed by atoms with Gasteiger partial charge in [-0.15, -0.1) is 6.58 Å². The van der Waals surface area contributed by atoms with Crippen LogP contribution in [0.4, 0.5) is 18.9 Å². The molecule has 0 fully saturated rings. The zero-order valence-electron chi connectivity index (χ0n) is 11.2. The van der Waals surface area contributed by atoms with Crippen LogP contribution in [0.5, 0.6) is 0 Å². The summed E-state index contributed by atoms with van der Waals surface area (Å²) in [5.41, 5.74) is -1.08. The fourth-order valence-corrected chi connectivity index (χ4v) is 2.47. The molecule has 0 saturated carbocycles. The quantitative estimate of drug-likeness (QED) is 0.444. The molecule has 0 aliphatic rings. The molecule has 0 saturated heterocycles. The molecule has 0 aliphatic heterocycles. The standard InChI is InChI=1S/C14H11ClF3N3S/c1-2-7-22-13(21-6-5-19-9-21)20-12-4-3-10(15)8-11(12)14(16,17)18/h2-6,8-9H,1,7H2/b20-13+. The van der Waals surface area contributed by atoms with Crippen LogP contribution in [0.2, 0.25) is 5.02 Å². The number of thioether (sulfide) groups is 1. The maximum Gasteiger partial charge on any atom is 0.418 e. The lowest BCUT2D eigenvalue weighted by molar-refractivity contribution is -0.137. The van der Waals surface area contributed by atoms with Crippen molar-refractivity contribution < 1.29 is 13.2 Å². The summed E-state index contributed by atoms with van der Waals surface area (Å²) in [6.07, 6.45) is 1.71. The van der Waals surface area contributed by atoms with Gasteiger partial charge in [-0.3, -0.25) is 4.57 Å². The number of imidazole rings is 1. The van der Waals surface area contributed by atoms with Gasteiger partial charge in [0.25, 0.3) is 0 Å². The number of nitrogens with zero attached hydrogens (tertiary/aromatic N) is 3. The van der Waals surface area contributed by atoms with E-state index in [1.165, 1.54) is 36.4 Å². The number of alkyl halides is 3. The highest BCUT2D eigenvalue weighted by molar-refractivity contribution is 8.14. The average molecular weight is 346 g/mol. The lowest BCUT2D eigenvalue weighted by Gasteiger charge is -2.12. The van der Waals surface area contributed by atoms with Crippen LogP contribution in [-0.2, 0) is 6.18 Å². The van der Waals surface area contributed by atoms with Crippen LogP contribution < -0.4 is 0 Å². The third kappa shape index (κ3) is 4.14. The van der Waals surface area contributed by atoms with Crippen LogP contribution in [-0.4, -0.2) is 20.5 Å². The van der Waals surface area contributed by atoms with E-state index < -0.39 is 11.7 Å². The predicted octanol–water partition coefficient (Wildman–Crippen LogP) is 5.01. The van der Waals surface area contributed by atoms with E-state index in [0.717, 1.165) is 6.07 Å². The number of rotatable bonds is 3. The normalized spacial score (nSPS) is 12.5. The molecule has 8 heteroatoms. The minimum atomic E-state index is -4.53. The number of aromatic nitrogens is 2. The zero-order chi connectivity index (χ0) is 16.2. The molecule has 0 spiro atoms. The van der Waals surface area contributed by atoms with Crippen molar-refractivity contribution >= 4 is 34.2 Å². The largest absolute Gasteiger partial charge is 0.418 e. The Morgan fingerprint density at radius 2 is 2.23 bits per heavy atom. The molecule has 1 aromatic carbocycles. The van der Waals surface area contributed by atoms with E-state index in [1.807, 2.05) is 0 Å². The van der Waals surface area contributed by atoms with Crippen molar-refractivity contribution in [2.24, 2.45) is 4.99 Å². The monoisotopic (exact) mass is 345 g/mol. The molecule has 0 bridgehead atoms. The second-order valence-corrected chi connectivity index (χ2v) is 5.55. The van der Waals surface area contributed by atoms with Gasteiger partial charge in [0, 0.05) is 23.2 Å². The number of hydrogen-bond acceptors (Lipinski definition) is 3. The van der Waals surface area contributed by atoms with Crippen LogP contribution in [0.15, 0.2) is 54.6 Å². The summed E-state index contributed by atoms with van der Waals surface area (Å²) in [5, 5.41) is 0.374. The van der Waals surface area contributed by atoms with Crippen molar-refractivity contribution in [3.8, 4) is 0 Å². The van der Waals surface area contributed by atoms with Gasteiger partial charge >= 0.3 is 6.18 Å². The molecule has 2 rings (SSSR count). The van der Waals surface area contributed by atoms with E-state index in [-0.39, 0.29) is 10.7 Å². The molecule has 0 N–H and O–H groups in total. The van der Waals surface area contributed by atoms with Crippen molar-refractivity contribution in [1.29, 1.82) is 0 Å². The van der Waals surface area contributed by atoms with Crippen LogP contribution in [0.25, 0.3) is 0 Å². The molecule has 0 radical (unpaired) electrons. The number of hydrogen-bond donors (Lipinski definition) is 0. The Morgan fingerprint density at radius 3 is 2.82 bits per heavy atom. The fourth-order valence-electron chi connectivity index (χ4n) is 1.61.